The Morgan fingerprint density at radius 2 is 2.10 bits per heavy atom. The highest BCUT2D eigenvalue weighted by molar-refractivity contribution is 5.73. The summed E-state index contributed by atoms with van der Waals surface area (Å²) < 4.78 is 0. The largest absolute Gasteiger partial charge is 0.289 e. The maximum atomic E-state index is 9.79. The molecule has 0 amide bonds. The molecule has 10 heavy (non-hydrogen) atoms. The van der Waals surface area contributed by atoms with Gasteiger partial charge in [0.15, 0.2) is 6.29 Å². The fourth-order valence-electron chi connectivity index (χ4n) is 0.548. The first kappa shape index (κ1) is 6.50. The van der Waals surface area contributed by atoms with Crippen LogP contribution < -0.4 is 0 Å². The number of hydrogen-bond acceptors (Lipinski definition) is 2. The van der Waals surface area contributed by atoms with E-state index < -0.39 is 0 Å². The van der Waals surface area contributed by atoms with E-state index in [1.54, 1.807) is 24.5 Å². The highest BCUT2D eigenvalue weighted by Crippen LogP contribution is 1.90. The number of pyridine rings is 1. The third-order valence-corrected chi connectivity index (χ3v) is 0.956. The molecule has 0 saturated carbocycles. The van der Waals surface area contributed by atoms with Crippen molar-refractivity contribution in [2.45, 2.75) is 0 Å². The Bertz CT molecular complexity index is 268. The maximum absolute atomic E-state index is 9.79. The van der Waals surface area contributed by atoms with E-state index in [1.807, 2.05) is 0 Å². The van der Waals surface area contributed by atoms with E-state index in [0.717, 1.165) is 5.56 Å². The Balaban J connectivity index is 2.86. The van der Waals surface area contributed by atoms with Crippen molar-refractivity contribution >= 4 is 6.29 Å². The molecule has 0 unspecified atom stereocenters. The van der Waals surface area contributed by atoms with Crippen molar-refractivity contribution in [3.63, 3.8) is 0 Å². The zero-order valence-electron chi connectivity index (χ0n) is 5.24. The minimum atomic E-state index is 0.570. The quantitative estimate of drug-likeness (QED) is 0.382. The third-order valence-electron chi connectivity index (χ3n) is 0.956. The Morgan fingerprint density at radius 1 is 1.40 bits per heavy atom. The number of carbonyl (C=O) groups excluding carboxylic acids is 1. The average molecular weight is 131 g/mol. The van der Waals surface area contributed by atoms with Crippen molar-refractivity contribution < 1.29 is 4.79 Å². The van der Waals surface area contributed by atoms with Crippen LogP contribution in [0.25, 0.3) is 0 Å². The van der Waals surface area contributed by atoms with Crippen molar-refractivity contribution in [3.8, 4) is 11.8 Å². The molecule has 0 fully saturated rings. The number of hydrogen-bond donors (Lipinski definition) is 0. The molecule has 0 aliphatic carbocycles. The summed E-state index contributed by atoms with van der Waals surface area (Å²) in [5.41, 5.74) is 0.808. The normalized spacial score (nSPS) is 7.60. The second kappa shape index (κ2) is 3.41. The SMILES string of the molecule is O=CC#Cc1ccncc1. The zero-order valence-corrected chi connectivity index (χ0v) is 5.24. The standard InChI is InChI=1S/C8H5NO/c10-7-1-2-8-3-5-9-6-4-8/h3-7H. The van der Waals surface area contributed by atoms with Crippen LogP contribution in [0, 0.1) is 11.8 Å². The number of nitrogens with zero attached hydrogens (tertiary/aromatic N) is 1. The molecule has 2 nitrogen and oxygen atoms in total. The van der Waals surface area contributed by atoms with Crippen molar-refractivity contribution in [2.24, 2.45) is 0 Å². The lowest BCUT2D eigenvalue weighted by molar-refractivity contribution is -0.103. The van der Waals surface area contributed by atoms with Gasteiger partial charge in [0, 0.05) is 18.0 Å². The Morgan fingerprint density at radius 3 is 2.70 bits per heavy atom. The fraction of sp³-hybridized carbons (Fsp3) is 0. The molecule has 0 bridgehead atoms. The van der Waals surface area contributed by atoms with Crippen molar-refractivity contribution in [2.75, 3.05) is 0 Å². The Kier molecular flexibility index (Phi) is 2.22. The first-order valence-electron chi connectivity index (χ1n) is 2.78. The molecule has 0 spiro atoms. The first-order chi connectivity index (χ1) is 4.93. The molecule has 0 aliphatic rings. The molecule has 1 rings (SSSR count). The Labute approximate surface area is 58.9 Å². The van der Waals surface area contributed by atoms with E-state index in [2.05, 4.69) is 16.8 Å². The summed E-state index contributed by atoms with van der Waals surface area (Å²) in [6.07, 6.45) is 3.84. The number of rotatable bonds is 0. The van der Waals surface area contributed by atoms with Crippen LogP contribution in [0.5, 0.6) is 0 Å². The molecular formula is C8H5NO. The zero-order chi connectivity index (χ0) is 7.23. The van der Waals surface area contributed by atoms with Gasteiger partial charge in [-0.15, -0.1) is 0 Å². The van der Waals surface area contributed by atoms with E-state index in [-0.39, 0.29) is 0 Å². The second-order valence-corrected chi connectivity index (χ2v) is 1.62. The molecule has 0 atom stereocenters. The summed E-state index contributed by atoms with van der Waals surface area (Å²) in [4.78, 5) is 13.6. The van der Waals surface area contributed by atoms with Crippen LogP contribution in [0.3, 0.4) is 0 Å². The van der Waals surface area contributed by atoms with Crippen LogP contribution in [0.4, 0.5) is 0 Å². The van der Waals surface area contributed by atoms with Crippen molar-refractivity contribution in [1.82, 2.24) is 4.98 Å². The predicted octanol–water partition coefficient (Wildman–Crippen LogP) is 0.632. The van der Waals surface area contributed by atoms with Gasteiger partial charge in [-0.1, -0.05) is 5.92 Å². The summed E-state index contributed by atoms with van der Waals surface area (Å²) in [6.45, 7) is 0. The Hall–Kier alpha value is -1.62. The van der Waals surface area contributed by atoms with Gasteiger partial charge in [0.1, 0.15) is 0 Å². The lowest BCUT2D eigenvalue weighted by Crippen LogP contribution is -1.73. The monoisotopic (exact) mass is 131 g/mol. The molecule has 1 aromatic rings. The summed E-state index contributed by atoms with van der Waals surface area (Å²) >= 11 is 0. The predicted molar refractivity (Wildman–Crippen MR) is 37.2 cm³/mol. The van der Waals surface area contributed by atoms with E-state index in [4.69, 9.17) is 0 Å². The van der Waals surface area contributed by atoms with E-state index in [1.165, 1.54) is 0 Å². The van der Waals surface area contributed by atoms with Gasteiger partial charge in [0.05, 0.1) is 0 Å². The third kappa shape index (κ3) is 1.71. The molecule has 0 saturated heterocycles. The van der Waals surface area contributed by atoms with Crippen LogP contribution in [0.15, 0.2) is 24.5 Å². The first-order valence-corrected chi connectivity index (χ1v) is 2.78. The second-order valence-electron chi connectivity index (χ2n) is 1.62. The average Bonchev–Trinajstić information content (AvgIpc) is 2.03. The topological polar surface area (TPSA) is 30.0 Å². The summed E-state index contributed by atoms with van der Waals surface area (Å²) in [5.74, 6) is 4.94. The van der Waals surface area contributed by atoms with Gasteiger partial charge in [-0.05, 0) is 18.1 Å². The molecular weight excluding hydrogens is 126 g/mol. The number of carbonyl (C=O) groups is 1. The van der Waals surface area contributed by atoms with E-state index >= 15 is 0 Å². The van der Waals surface area contributed by atoms with Crippen LogP contribution in [0.1, 0.15) is 5.56 Å². The van der Waals surface area contributed by atoms with Crippen LogP contribution in [0.2, 0.25) is 0 Å². The molecule has 0 aromatic carbocycles. The molecule has 48 valence electrons. The van der Waals surface area contributed by atoms with Gasteiger partial charge >= 0.3 is 0 Å². The van der Waals surface area contributed by atoms with Gasteiger partial charge in [-0.3, -0.25) is 9.78 Å². The molecule has 2 heteroatoms. The van der Waals surface area contributed by atoms with Crippen molar-refractivity contribution in [3.05, 3.63) is 30.1 Å². The lowest BCUT2D eigenvalue weighted by Gasteiger charge is -1.82. The minimum Gasteiger partial charge on any atom is -0.289 e. The van der Waals surface area contributed by atoms with Crippen LogP contribution in [-0.4, -0.2) is 11.3 Å². The van der Waals surface area contributed by atoms with Crippen molar-refractivity contribution in [1.29, 1.82) is 0 Å². The summed E-state index contributed by atoms with van der Waals surface area (Å²) in [5, 5.41) is 0. The van der Waals surface area contributed by atoms with Gasteiger partial charge in [-0.25, -0.2) is 0 Å². The summed E-state index contributed by atoms with van der Waals surface area (Å²) in [6, 6.07) is 3.49. The minimum absolute atomic E-state index is 0.570. The molecule has 0 radical (unpaired) electrons. The highest BCUT2D eigenvalue weighted by atomic mass is 16.1. The lowest BCUT2D eigenvalue weighted by atomic mass is 10.3. The number of aromatic nitrogens is 1. The molecule has 1 heterocycles. The fourth-order valence-corrected chi connectivity index (χ4v) is 0.548. The number of aldehydes is 1. The van der Waals surface area contributed by atoms with Gasteiger partial charge in [0.25, 0.3) is 0 Å². The molecule has 1 aromatic heterocycles. The summed E-state index contributed by atoms with van der Waals surface area (Å²) in [7, 11) is 0. The van der Waals surface area contributed by atoms with Gasteiger partial charge in [0.2, 0.25) is 0 Å². The van der Waals surface area contributed by atoms with E-state index in [9.17, 15) is 4.79 Å². The van der Waals surface area contributed by atoms with Crippen LogP contribution >= 0.6 is 0 Å². The van der Waals surface area contributed by atoms with Gasteiger partial charge < -0.3 is 0 Å². The van der Waals surface area contributed by atoms with E-state index in [0.29, 0.717) is 6.29 Å². The van der Waals surface area contributed by atoms with Gasteiger partial charge in [-0.2, -0.15) is 0 Å². The van der Waals surface area contributed by atoms with Crippen LogP contribution in [-0.2, 0) is 4.79 Å². The molecule has 0 N–H and O–H groups in total. The maximum Gasteiger partial charge on any atom is 0.193 e. The molecule has 0 aliphatic heterocycles. The smallest absolute Gasteiger partial charge is 0.193 e. The highest BCUT2D eigenvalue weighted by Gasteiger charge is 1.79.